The Hall–Kier alpha value is -1.81. The Balaban J connectivity index is 2.37. The fourth-order valence-corrected chi connectivity index (χ4v) is 1.62. The summed E-state index contributed by atoms with van der Waals surface area (Å²) in [6.45, 7) is 0. The van der Waals surface area contributed by atoms with Gasteiger partial charge in [0.2, 0.25) is 5.91 Å². The van der Waals surface area contributed by atoms with Crippen LogP contribution in [0.2, 0.25) is 0 Å². The molecule has 0 bridgehead atoms. The predicted molar refractivity (Wildman–Crippen MR) is 66.5 cm³/mol. The number of amides is 1. The van der Waals surface area contributed by atoms with Crippen molar-refractivity contribution in [3.8, 4) is 0 Å². The van der Waals surface area contributed by atoms with Gasteiger partial charge in [-0.1, -0.05) is 18.2 Å². The van der Waals surface area contributed by atoms with Crippen LogP contribution in [0.15, 0.2) is 39.5 Å². The van der Waals surface area contributed by atoms with Crippen molar-refractivity contribution < 1.29 is 9.21 Å². The minimum atomic E-state index is -0.563. The molecule has 0 radical (unpaired) electrons. The summed E-state index contributed by atoms with van der Waals surface area (Å²) in [6.07, 6.45) is 0.161. The van der Waals surface area contributed by atoms with Crippen LogP contribution in [-0.2, 0) is 4.79 Å². The number of anilines is 1. The Labute approximate surface area is 102 Å². The van der Waals surface area contributed by atoms with Crippen molar-refractivity contribution in [2.24, 2.45) is 0 Å². The number of rotatable bonds is 3. The van der Waals surface area contributed by atoms with E-state index in [4.69, 9.17) is 16.0 Å². The first-order valence-corrected chi connectivity index (χ1v) is 5.63. The molecule has 1 heterocycles. The molecule has 0 fully saturated rings. The van der Waals surface area contributed by atoms with E-state index in [1.54, 1.807) is 24.3 Å². The third-order valence-electron chi connectivity index (χ3n) is 2.24. The zero-order valence-corrected chi connectivity index (χ0v) is 9.66. The van der Waals surface area contributed by atoms with Crippen LogP contribution in [0.5, 0.6) is 0 Å². The van der Waals surface area contributed by atoms with Gasteiger partial charge in [-0.15, -0.1) is 11.6 Å². The van der Waals surface area contributed by atoms with Crippen molar-refractivity contribution in [3.05, 3.63) is 40.8 Å². The van der Waals surface area contributed by atoms with Gasteiger partial charge in [-0.3, -0.25) is 4.79 Å². The molecule has 0 atom stereocenters. The topological polar surface area (TPSA) is 59.3 Å². The fourth-order valence-electron chi connectivity index (χ4n) is 1.45. The van der Waals surface area contributed by atoms with Gasteiger partial charge in [0.15, 0.2) is 0 Å². The second-order valence-electron chi connectivity index (χ2n) is 3.47. The molecule has 17 heavy (non-hydrogen) atoms. The zero-order chi connectivity index (χ0) is 12.3. The Kier molecular flexibility index (Phi) is 3.44. The fraction of sp³-hybridized carbons (Fsp3) is 0.167. The molecule has 1 aromatic heterocycles. The molecule has 88 valence electrons. The Bertz CT molecular complexity index is 606. The Morgan fingerprint density at radius 3 is 2.88 bits per heavy atom. The predicted octanol–water partition coefficient (Wildman–Crippen LogP) is 2.36. The van der Waals surface area contributed by atoms with Gasteiger partial charge in [0.25, 0.3) is 0 Å². The first kappa shape index (κ1) is 11.7. The molecule has 0 aliphatic heterocycles. The van der Waals surface area contributed by atoms with Gasteiger partial charge in [-0.25, -0.2) is 4.79 Å². The number of fused-ring (bicyclic) bond motifs is 1. The summed E-state index contributed by atoms with van der Waals surface area (Å²) in [5.74, 6) is -0.0901. The van der Waals surface area contributed by atoms with Crippen LogP contribution in [0.3, 0.4) is 0 Å². The number of hydrogen-bond acceptors (Lipinski definition) is 3. The van der Waals surface area contributed by atoms with Crippen molar-refractivity contribution in [3.63, 3.8) is 0 Å². The van der Waals surface area contributed by atoms with Gasteiger partial charge in [0.1, 0.15) is 11.3 Å². The Morgan fingerprint density at radius 2 is 2.12 bits per heavy atom. The van der Waals surface area contributed by atoms with Crippen molar-refractivity contribution in [1.29, 1.82) is 0 Å². The highest BCUT2D eigenvalue weighted by molar-refractivity contribution is 6.19. The van der Waals surface area contributed by atoms with Crippen LogP contribution in [0, 0.1) is 0 Å². The van der Waals surface area contributed by atoms with Crippen molar-refractivity contribution in [1.82, 2.24) is 0 Å². The highest BCUT2D eigenvalue weighted by Crippen LogP contribution is 2.15. The summed E-state index contributed by atoms with van der Waals surface area (Å²) in [4.78, 5) is 22.9. The van der Waals surface area contributed by atoms with Gasteiger partial charge in [0.05, 0.1) is 0 Å². The standard InChI is InChI=1S/C12H10ClNO3/c13-6-5-11(15)14-9-7-8-3-1-2-4-10(8)17-12(9)16/h1-4,7H,5-6H2,(H,14,15). The number of carbonyl (C=O) groups is 1. The summed E-state index contributed by atoms with van der Waals surface area (Å²) in [6, 6.07) is 8.69. The third-order valence-corrected chi connectivity index (χ3v) is 2.43. The van der Waals surface area contributed by atoms with Gasteiger partial charge in [0, 0.05) is 17.7 Å². The van der Waals surface area contributed by atoms with E-state index in [1.165, 1.54) is 0 Å². The second-order valence-corrected chi connectivity index (χ2v) is 3.85. The number of hydrogen-bond donors (Lipinski definition) is 1. The molecule has 1 N–H and O–H groups in total. The highest BCUT2D eigenvalue weighted by Gasteiger charge is 2.08. The second kappa shape index (κ2) is 5.01. The minimum absolute atomic E-state index is 0.138. The number of alkyl halides is 1. The van der Waals surface area contributed by atoms with Crippen LogP contribution in [0.1, 0.15) is 6.42 Å². The number of benzene rings is 1. The molecule has 0 unspecified atom stereocenters. The maximum Gasteiger partial charge on any atom is 0.360 e. The summed E-state index contributed by atoms with van der Waals surface area (Å²) < 4.78 is 5.07. The van der Waals surface area contributed by atoms with E-state index < -0.39 is 5.63 Å². The zero-order valence-electron chi connectivity index (χ0n) is 8.90. The number of carbonyl (C=O) groups excluding carboxylic acids is 1. The molecule has 0 aliphatic carbocycles. The molecule has 1 aromatic carbocycles. The SMILES string of the molecule is O=C(CCCl)Nc1cc2ccccc2oc1=O. The third kappa shape index (κ3) is 2.65. The molecular weight excluding hydrogens is 242 g/mol. The summed E-state index contributed by atoms with van der Waals surface area (Å²) in [5, 5.41) is 3.23. The number of halogens is 1. The van der Waals surface area contributed by atoms with Crippen molar-refractivity contribution in [2.75, 3.05) is 11.2 Å². The minimum Gasteiger partial charge on any atom is -0.421 e. The van der Waals surface area contributed by atoms with E-state index in [2.05, 4.69) is 5.32 Å². The lowest BCUT2D eigenvalue weighted by atomic mass is 10.2. The van der Waals surface area contributed by atoms with E-state index in [0.29, 0.717) is 5.58 Å². The molecule has 2 rings (SSSR count). The average molecular weight is 252 g/mol. The van der Waals surface area contributed by atoms with Gasteiger partial charge >= 0.3 is 5.63 Å². The van der Waals surface area contributed by atoms with E-state index in [0.717, 1.165) is 5.39 Å². The quantitative estimate of drug-likeness (QED) is 0.673. The van der Waals surface area contributed by atoms with E-state index in [-0.39, 0.29) is 23.9 Å². The van der Waals surface area contributed by atoms with Gasteiger partial charge < -0.3 is 9.73 Å². The molecule has 0 saturated carbocycles. The molecule has 0 saturated heterocycles. The first-order valence-electron chi connectivity index (χ1n) is 5.09. The lowest BCUT2D eigenvalue weighted by Gasteiger charge is -2.03. The summed E-state index contributed by atoms with van der Waals surface area (Å²) in [5.41, 5.74) is 0.0679. The lowest BCUT2D eigenvalue weighted by molar-refractivity contribution is -0.115. The molecule has 1 amide bonds. The average Bonchev–Trinajstić information content (AvgIpc) is 2.30. The number of nitrogens with one attached hydrogen (secondary N) is 1. The number of para-hydroxylation sites is 1. The van der Waals surface area contributed by atoms with E-state index in [9.17, 15) is 9.59 Å². The van der Waals surface area contributed by atoms with Gasteiger partial charge in [-0.05, 0) is 12.1 Å². The summed E-state index contributed by atoms with van der Waals surface area (Å²) in [7, 11) is 0. The van der Waals surface area contributed by atoms with E-state index >= 15 is 0 Å². The van der Waals surface area contributed by atoms with Crippen LogP contribution in [-0.4, -0.2) is 11.8 Å². The smallest absolute Gasteiger partial charge is 0.360 e. The van der Waals surface area contributed by atoms with Crippen LogP contribution < -0.4 is 10.9 Å². The van der Waals surface area contributed by atoms with Gasteiger partial charge in [-0.2, -0.15) is 0 Å². The highest BCUT2D eigenvalue weighted by atomic mass is 35.5. The molecular formula is C12H10ClNO3. The molecule has 4 nitrogen and oxygen atoms in total. The largest absolute Gasteiger partial charge is 0.421 e. The van der Waals surface area contributed by atoms with Crippen molar-refractivity contribution >= 4 is 34.2 Å². The maximum atomic E-state index is 11.6. The monoisotopic (exact) mass is 251 g/mol. The van der Waals surface area contributed by atoms with Crippen LogP contribution in [0.25, 0.3) is 11.0 Å². The normalized spacial score (nSPS) is 10.4. The van der Waals surface area contributed by atoms with E-state index in [1.807, 2.05) is 6.07 Å². The lowest BCUT2D eigenvalue weighted by Crippen LogP contribution is -2.17. The Morgan fingerprint density at radius 1 is 1.35 bits per heavy atom. The molecule has 0 aliphatic rings. The first-order chi connectivity index (χ1) is 8.20. The summed E-state index contributed by atoms with van der Waals surface area (Å²) >= 11 is 5.44. The molecule has 5 heteroatoms. The maximum absolute atomic E-state index is 11.6. The molecule has 0 spiro atoms. The van der Waals surface area contributed by atoms with Crippen molar-refractivity contribution in [2.45, 2.75) is 6.42 Å². The van der Waals surface area contributed by atoms with Crippen LogP contribution >= 0.6 is 11.6 Å². The molecule has 2 aromatic rings. The van der Waals surface area contributed by atoms with Crippen LogP contribution in [0.4, 0.5) is 5.69 Å².